The number of rotatable bonds is 3. The Morgan fingerprint density at radius 1 is 1.71 bits per heavy atom. The van der Waals surface area contributed by atoms with Crippen LogP contribution in [0.5, 0.6) is 0 Å². The van der Waals surface area contributed by atoms with Crippen molar-refractivity contribution in [3.8, 4) is 0 Å². The molecule has 0 aliphatic heterocycles. The van der Waals surface area contributed by atoms with E-state index in [0.29, 0.717) is 9.09 Å². The predicted molar refractivity (Wildman–Crippen MR) is 58.7 cm³/mol. The highest BCUT2D eigenvalue weighted by molar-refractivity contribution is 7.73. The van der Waals surface area contributed by atoms with Crippen LogP contribution in [0.25, 0.3) is 0 Å². The Bertz CT molecular complexity index is 370. The van der Waals surface area contributed by atoms with Gasteiger partial charge in [0.25, 0.3) is 0 Å². The van der Waals surface area contributed by atoms with Gasteiger partial charge >= 0.3 is 0 Å². The average Bonchev–Trinajstić information content (AvgIpc) is 2.49. The van der Waals surface area contributed by atoms with Gasteiger partial charge in [-0.3, -0.25) is 15.2 Å². The summed E-state index contributed by atoms with van der Waals surface area (Å²) in [4.78, 5) is 11.4. The molecule has 0 aromatic carbocycles. The van der Waals surface area contributed by atoms with E-state index in [2.05, 4.69) is 15.5 Å². The number of H-pyrrole nitrogens is 1. The summed E-state index contributed by atoms with van der Waals surface area (Å²) in [6.07, 6.45) is 0. The lowest BCUT2D eigenvalue weighted by atomic mass is 10.1. The van der Waals surface area contributed by atoms with E-state index in [-0.39, 0.29) is 11.8 Å². The average molecular weight is 232 g/mol. The monoisotopic (exact) mass is 232 g/mol. The molecule has 0 saturated carbocycles. The lowest BCUT2D eigenvalue weighted by Gasteiger charge is -2.13. The fourth-order valence-corrected chi connectivity index (χ4v) is 1.57. The van der Waals surface area contributed by atoms with Crippen LogP contribution >= 0.6 is 23.6 Å². The van der Waals surface area contributed by atoms with Crippen LogP contribution in [0.2, 0.25) is 0 Å². The van der Waals surface area contributed by atoms with Gasteiger partial charge < -0.3 is 5.73 Å². The maximum Gasteiger partial charge on any atom is 0.243 e. The number of nitrogens with two attached hydrogens (primary N) is 1. The third-order valence-electron chi connectivity index (χ3n) is 1.69. The minimum absolute atomic E-state index is 0.0990. The minimum Gasteiger partial charge on any atom is -0.320 e. The van der Waals surface area contributed by atoms with Crippen LogP contribution < -0.4 is 11.1 Å². The van der Waals surface area contributed by atoms with E-state index in [4.69, 9.17) is 18.0 Å². The van der Waals surface area contributed by atoms with E-state index in [1.54, 1.807) is 0 Å². The number of aromatic nitrogens is 2. The second-order valence-corrected chi connectivity index (χ2v) is 4.84. The smallest absolute Gasteiger partial charge is 0.243 e. The summed E-state index contributed by atoms with van der Waals surface area (Å²) in [5.74, 6) is -0.139. The molecule has 7 heteroatoms. The number of nitrogens with one attached hydrogen (secondary N) is 2. The van der Waals surface area contributed by atoms with Gasteiger partial charge in [0.1, 0.15) is 0 Å². The topological polar surface area (TPSA) is 83.8 Å². The molecule has 0 bridgehead atoms. The van der Waals surface area contributed by atoms with Gasteiger partial charge in [-0.2, -0.15) is 0 Å². The molecule has 1 atom stereocenters. The normalized spacial score (nSPS) is 12.9. The van der Waals surface area contributed by atoms with E-state index in [9.17, 15) is 4.79 Å². The Kier molecular flexibility index (Phi) is 3.73. The lowest BCUT2D eigenvalue weighted by molar-refractivity contribution is -0.118. The zero-order valence-electron chi connectivity index (χ0n) is 7.90. The zero-order chi connectivity index (χ0) is 10.7. The van der Waals surface area contributed by atoms with Crippen LogP contribution in [0, 0.1) is 9.87 Å². The molecular formula is C7H12N4OS2. The Balaban J connectivity index is 2.61. The molecule has 5 nitrogen and oxygen atoms in total. The maximum atomic E-state index is 11.4. The maximum absolute atomic E-state index is 11.4. The first-order chi connectivity index (χ1) is 6.50. The summed E-state index contributed by atoms with van der Waals surface area (Å²) in [6, 6.07) is -0.521. The number of hydrogen-bond acceptors (Lipinski definition) is 5. The number of carbonyl (C=O) groups is 1. The van der Waals surface area contributed by atoms with E-state index >= 15 is 0 Å². The van der Waals surface area contributed by atoms with Gasteiger partial charge in [0.2, 0.25) is 11.0 Å². The molecule has 0 fully saturated rings. The molecule has 4 N–H and O–H groups in total. The Labute approximate surface area is 90.7 Å². The van der Waals surface area contributed by atoms with E-state index in [0.717, 1.165) is 0 Å². The molecule has 0 saturated heterocycles. The second-order valence-electron chi connectivity index (χ2n) is 3.18. The summed E-state index contributed by atoms with van der Waals surface area (Å²) >= 11 is 6.03. The number of anilines is 1. The van der Waals surface area contributed by atoms with Gasteiger partial charge in [-0.15, -0.1) is 5.10 Å². The third-order valence-corrected chi connectivity index (χ3v) is 2.69. The Morgan fingerprint density at radius 2 is 2.36 bits per heavy atom. The molecule has 1 unspecified atom stereocenters. The molecule has 1 amide bonds. The van der Waals surface area contributed by atoms with Crippen molar-refractivity contribution in [2.75, 3.05) is 5.32 Å². The van der Waals surface area contributed by atoms with Crippen molar-refractivity contribution in [3.05, 3.63) is 3.95 Å². The summed E-state index contributed by atoms with van der Waals surface area (Å²) in [6.45, 7) is 3.77. The van der Waals surface area contributed by atoms with Crippen LogP contribution in [0.15, 0.2) is 0 Å². The predicted octanol–water partition coefficient (Wildman–Crippen LogP) is 1.12. The van der Waals surface area contributed by atoms with Gasteiger partial charge in [0.05, 0.1) is 6.04 Å². The fraction of sp³-hybridized carbons (Fsp3) is 0.571. The van der Waals surface area contributed by atoms with Crippen molar-refractivity contribution in [1.29, 1.82) is 0 Å². The van der Waals surface area contributed by atoms with Crippen LogP contribution in [0.3, 0.4) is 0 Å². The quantitative estimate of drug-likeness (QED) is 0.682. The largest absolute Gasteiger partial charge is 0.320 e. The van der Waals surface area contributed by atoms with Gasteiger partial charge in [0, 0.05) is 0 Å². The molecule has 0 radical (unpaired) electrons. The zero-order valence-corrected chi connectivity index (χ0v) is 9.54. The number of nitrogens with zero attached hydrogens (tertiary/aromatic N) is 1. The molecule has 78 valence electrons. The van der Waals surface area contributed by atoms with E-state index in [1.165, 1.54) is 11.3 Å². The summed E-state index contributed by atoms with van der Waals surface area (Å²) in [5.41, 5.74) is 5.64. The van der Waals surface area contributed by atoms with Crippen molar-refractivity contribution in [2.24, 2.45) is 11.7 Å². The summed E-state index contributed by atoms with van der Waals surface area (Å²) in [7, 11) is 0. The Morgan fingerprint density at radius 3 is 2.79 bits per heavy atom. The van der Waals surface area contributed by atoms with Gasteiger partial charge in [-0.25, -0.2) is 0 Å². The van der Waals surface area contributed by atoms with E-state index < -0.39 is 6.04 Å². The van der Waals surface area contributed by atoms with E-state index in [1.807, 2.05) is 13.8 Å². The summed E-state index contributed by atoms with van der Waals surface area (Å²) < 4.78 is 0.526. The van der Waals surface area contributed by atoms with Crippen LogP contribution in [-0.2, 0) is 4.79 Å². The highest BCUT2D eigenvalue weighted by Gasteiger charge is 2.17. The number of carbonyl (C=O) groups excluding carboxylic acids is 1. The molecule has 1 rings (SSSR count). The van der Waals surface area contributed by atoms with Crippen molar-refractivity contribution >= 4 is 34.6 Å². The van der Waals surface area contributed by atoms with Gasteiger partial charge in [-0.05, 0) is 18.1 Å². The third kappa shape index (κ3) is 2.86. The molecule has 0 aliphatic rings. The molecular weight excluding hydrogens is 220 g/mol. The van der Waals surface area contributed by atoms with Gasteiger partial charge in [0.15, 0.2) is 3.95 Å². The summed E-state index contributed by atoms with van der Waals surface area (Å²) in [5, 5.41) is 9.41. The number of hydrogen-bond donors (Lipinski definition) is 3. The molecule has 14 heavy (non-hydrogen) atoms. The fourth-order valence-electron chi connectivity index (χ4n) is 0.775. The molecule has 1 aromatic heterocycles. The lowest BCUT2D eigenvalue weighted by Crippen LogP contribution is -2.39. The minimum atomic E-state index is -0.521. The highest BCUT2D eigenvalue weighted by atomic mass is 32.1. The second kappa shape index (κ2) is 4.63. The van der Waals surface area contributed by atoms with Gasteiger partial charge in [-0.1, -0.05) is 25.2 Å². The highest BCUT2D eigenvalue weighted by Crippen LogP contribution is 2.11. The van der Waals surface area contributed by atoms with Crippen molar-refractivity contribution in [3.63, 3.8) is 0 Å². The van der Waals surface area contributed by atoms with Crippen molar-refractivity contribution in [1.82, 2.24) is 10.2 Å². The first-order valence-electron chi connectivity index (χ1n) is 4.12. The SMILES string of the molecule is CC(C)C(N)C(=O)Nc1n[nH]c(=S)s1. The van der Waals surface area contributed by atoms with Crippen LogP contribution in [0.1, 0.15) is 13.8 Å². The molecule has 0 spiro atoms. The first-order valence-corrected chi connectivity index (χ1v) is 5.35. The molecule has 1 heterocycles. The molecule has 0 aliphatic carbocycles. The molecule has 1 aromatic rings. The van der Waals surface area contributed by atoms with Crippen molar-refractivity contribution in [2.45, 2.75) is 19.9 Å². The Hall–Kier alpha value is -0.790. The van der Waals surface area contributed by atoms with Crippen LogP contribution in [-0.4, -0.2) is 22.1 Å². The number of amides is 1. The first kappa shape index (κ1) is 11.3. The standard InChI is InChI=1S/C7H12N4OS2/c1-3(2)4(8)5(12)9-6-10-11-7(13)14-6/h3-4H,8H2,1-2H3,(H,11,13)(H,9,10,12). The van der Waals surface area contributed by atoms with Crippen molar-refractivity contribution < 1.29 is 4.79 Å². The van der Waals surface area contributed by atoms with Crippen LogP contribution in [0.4, 0.5) is 5.13 Å². The number of aromatic amines is 1.